The molecule has 1 amide bonds. The minimum absolute atomic E-state index is 0.163. The molecule has 0 aliphatic heterocycles. The van der Waals surface area contributed by atoms with Crippen molar-refractivity contribution in [3.8, 4) is 28.5 Å². The summed E-state index contributed by atoms with van der Waals surface area (Å²) >= 11 is 0. The second-order valence-corrected chi connectivity index (χ2v) is 6.98. The molecule has 3 aromatic rings. The summed E-state index contributed by atoms with van der Waals surface area (Å²) in [6, 6.07) is 12.9. The van der Waals surface area contributed by atoms with Crippen LogP contribution >= 0.6 is 0 Å². The van der Waals surface area contributed by atoms with Crippen LogP contribution in [0.25, 0.3) is 11.3 Å². The lowest BCUT2D eigenvalue weighted by molar-refractivity contribution is 0.0950. The Labute approximate surface area is 179 Å². The predicted molar refractivity (Wildman–Crippen MR) is 116 cm³/mol. The summed E-state index contributed by atoms with van der Waals surface area (Å²) in [6.45, 7) is 0. The van der Waals surface area contributed by atoms with Crippen LogP contribution in [0.3, 0.4) is 0 Å². The van der Waals surface area contributed by atoms with E-state index < -0.39 is 5.91 Å². The first kappa shape index (κ1) is 20.3. The number of aromatic nitrogens is 2. The van der Waals surface area contributed by atoms with Crippen LogP contribution in [-0.2, 0) is 0 Å². The van der Waals surface area contributed by atoms with Gasteiger partial charge in [0.2, 0.25) is 0 Å². The topological polar surface area (TPSA) is 94.9 Å². The van der Waals surface area contributed by atoms with Crippen LogP contribution in [0.4, 0.5) is 0 Å². The fraction of sp³-hybridized carbons (Fsp3) is 0.217. The molecule has 0 bridgehead atoms. The molecule has 0 unspecified atom stereocenters. The molecule has 0 saturated heterocycles. The Morgan fingerprint density at radius 1 is 1.03 bits per heavy atom. The standard InChI is InChI=1S/C23H22N4O4/c1-29-19-9-15(10-20(11-19)30-2)12-25-27-23(28)22-14-24-13-21(26-22)16-3-5-17(6-4-16)31-18-7-8-18/h3-6,9-14,18H,7-8H2,1-2H3,(H,27,28)/b25-12+. The number of benzene rings is 2. The Morgan fingerprint density at radius 2 is 1.74 bits per heavy atom. The highest BCUT2D eigenvalue weighted by Crippen LogP contribution is 2.28. The Balaban J connectivity index is 1.42. The second-order valence-electron chi connectivity index (χ2n) is 6.98. The number of carbonyl (C=O) groups is 1. The van der Waals surface area contributed by atoms with E-state index in [1.807, 2.05) is 24.3 Å². The van der Waals surface area contributed by atoms with Gasteiger partial charge in [-0.05, 0) is 49.2 Å². The first-order valence-electron chi connectivity index (χ1n) is 9.80. The molecule has 0 radical (unpaired) electrons. The molecule has 8 nitrogen and oxygen atoms in total. The molecule has 1 aromatic heterocycles. The zero-order chi connectivity index (χ0) is 21.6. The molecular weight excluding hydrogens is 396 g/mol. The van der Waals surface area contributed by atoms with Crippen LogP contribution < -0.4 is 19.6 Å². The Bertz CT molecular complexity index is 1070. The van der Waals surface area contributed by atoms with Gasteiger partial charge in [-0.15, -0.1) is 0 Å². The largest absolute Gasteiger partial charge is 0.497 e. The third-order valence-corrected chi connectivity index (χ3v) is 4.60. The number of hydrogen-bond donors (Lipinski definition) is 1. The van der Waals surface area contributed by atoms with E-state index in [9.17, 15) is 4.79 Å². The van der Waals surface area contributed by atoms with Gasteiger partial charge in [0.1, 0.15) is 22.9 Å². The van der Waals surface area contributed by atoms with Crippen LogP contribution in [0.15, 0.2) is 60.0 Å². The number of ether oxygens (including phenoxy) is 3. The summed E-state index contributed by atoms with van der Waals surface area (Å²) in [7, 11) is 3.13. The van der Waals surface area contributed by atoms with E-state index in [0.29, 0.717) is 28.9 Å². The lowest BCUT2D eigenvalue weighted by atomic mass is 10.1. The smallest absolute Gasteiger partial charge is 0.291 e. The molecule has 8 heteroatoms. The van der Waals surface area contributed by atoms with Crippen LogP contribution in [0.5, 0.6) is 17.2 Å². The van der Waals surface area contributed by atoms with E-state index in [4.69, 9.17) is 14.2 Å². The van der Waals surface area contributed by atoms with Gasteiger partial charge < -0.3 is 14.2 Å². The number of methoxy groups -OCH3 is 2. The van der Waals surface area contributed by atoms with Crippen LogP contribution in [-0.4, -0.2) is 42.4 Å². The molecule has 1 fully saturated rings. The summed E-state index contributed by atoms with van der Waals surface area (Å²) in [5.74, 6) is 1.62. The fourth-order valence-electron chi connectivity index (χ4n) is 2.82. The maximum Gasteiger partial charge on any atom is 0.291 e. The molecule has 31 heavy (non-hydrogen) atoms. The summed E-state index contributed by atoms with van der Waals surface area (Å²) in [6.07, 6.45) is 7.07. The molecule has 1 heterocycles. The van der Waals surface area contributed by atoms with E-state index in [0.717, 1.165) is 24.2 Å². The Hall–Kier alpha value is -3.94. The average Bonchev–Trinajstić information content (AvgIpc) is 3.63. The van der Waals surface area contributed by atoms with Gasteiger partial charge in [-0.3, -0.25) is 9.78 Å². The fourth-order valence-corrected chi connectivity index (χ4v) is 2.82. The van der Waals surface area contributed by atoms with Crippen molar-refractivity contribution in [2.24, 2.45) is 5.10 Å². The molecule has 1 N–H and O–H groups in total. The number of amides is 1. The second kappa shape index (κ2) is 9.25. The summed E-state index contributed by atoms with van der Waals surface area (Å²) in [5.41, 5.74) is 4.78. The van der Waals surface area contributed by atoms with Gasteiger partial charge >= 0.3 is 0 Å². The van der Waals surface area contributed by atoms with Crippen molar-refractivity contribution in [3.63, 3.8) is 0 Å². The maximum absolute atomic E-state index is 12.5. The highest BCUT2D eigenvalue weighted by molar-refractivity contribution is 5.93. The molecule has 1 aliphatic carbocycles. The quantitative estimate of drug-likeness (QED) is 0.445. The highest BCUT2D eigenvalue weighted by atomic mass is 16.5. The van der Waals surface area contributed by atoms with Crippen LogP contribution in [0.1, 0.15) is 28.9 Å². The molecule has 1 aliphatic rings. The number of nitrogens with one attached hydrogen (secondary N) is 1. The van der Waals surface area contributed by atoms with Crippen molar-refractivity contribution < 1.29 is 19.0 Å². The van der Waals surface area contributed by atoms with Crippen molar-refractivity contribution >= 4 is 12.1 Å². The van der Waals surface area contributed by atoms with E-state index >= 15 is 0 Å². The molecule has 2 aromatic carbocycles. The number of rotatable bonds is 8. The van der Waals surface area contributed by atoms with Crippen molar-refractivity contribution in [2.75, 3.05) is 14.2 Å². The minimum atomic E-state index is -0.464. The third-order valence-electron chi connectivity index (χ3n) is 4.60. The number of hydrazone groups is 1. The van der Waals surface area contributed by atoms with Gasteiger partial charge in [0.25, 0.3) is 5.91 Å². The van der Waals surface area contributed by atoms with E-state index in [-0.39, 0.29) is 5.69 Å². The van der Waals surface area contributed by atoms with Gasteiger partial charge in [0.05, 0.1) is 44.6 Å². The van der Waals surface area contributed by atoms with Gasteiger partial charge in [0, 0.05) is 17.2 Å². The first-order valence-corrected chi connectivity index (χ1v) is 9.80. The summed E-state index contributed by atoms with van der Waals surface area (Å²) in [4.78, 5) is 21.0. The molecule has 4 rings (SSSR count). The average molecular weight is 418 g/mol. The zero-order valence-corrected chi connectivity index (χ0v) is 17.2. The third kappa shape index (κ3) is 5.36. The van der Waals surface area contributed by atoms with Crippen molar-refractivity contribution in [2.45, 2.75) is 18.9 Å². The Morgan fingerprint density at radius 3 is 2.39 bits per heavy atom. The highest BCUT2D eigenvalue weighted by Gasteiger charge is 2.23. The number of nitrogens with zero attached hydrogens (tertiary/aromatic N) is 3. The molecule has 0 spiro atoms. The maximum atomic E-state index is 12.5. The Kier molecular flexibility index (Phi) is 6.07. The van der Waals surface area contributed by atoms with E-state index in [1.54, 1.807) is 38.6 Å². The minimum Gasteiger partial charge on any atom is -0.497 e. The van der Waals surface area contributed by atoms with Gasteiger partial charge in [-0.2, -0.15) is 5.10 Å². The van der Waals surface area contributed by atoms with E-state index in [1.165, 1.54) is 12.4 Å². The zero-order valence-electron chi connectivity index (χ0n) is 17.2. The lowest BCUT2D eigenvalue weighted by Crippen LogP contribution is -2.19. The lowest BCUT2D eigenvalue weighted by Gasteiger charge is -2.07. The monoisotopic (exact) mass is 418 g/mol. The molecule has 0 atom stereocenters. The SMILES string of the molecule is COc1cc(/C=N/NC(=O)c2cncc(-c3ccc(OC4CC4)cc3)n2)cc(OC)c1. The first-order chi connectivity index (χ1) is 15.1. The van der Waals surface area contributed by atoms with Crippen LogP contribution in [0.2, 0.25) is 0 Å². The normalized spacial score (nSPS) is 13.1. The van der Waals surface area contributed by atoms with Gasteiger partial charge in [-0.1, -0.05) is 0 Å². The predicted octanol–water partition coefficient (Wildman–Crippen LogP) is 3.47. The molecular formula is C23H22N4O4. The van der Waals surface area contributed by atoms with Crippen molar-refractivity contribution in [1.82, 2.24) is 15.4 Å². The molecule has 1 saturated carbocycles. The summed E-state index contributed by atoms with van der Waals surface area (Å²) in [5, 5.41) is 4.00. The molecule has 158 valence electrons. The number of carbonyl (C=O) groups excluding carboxylic acids is 1. The van der Waals surface area contributed by atoms with Crippen LogP contribution in [0, 0.1) is 0 Å². The summed E-state index contributed by atoms with van der Waals surface area (Å²) < 4.78 is 16.2. The van der Waals surface area contributed by atoms with Crippen molar-refractivity contribution in [3.05, 3.63) is 66.1 Å². The van der Waals surface area contributed by atoms with Gasteiger partial charge in [-0.25, -0.2) is 10.4 Å². The van der Waals surface area contributed by atoms with E-state index in [2.05, 4.69) is 20.5 Å². The number of hydrogen-bond acceptors (Lipinski definition) is 7. The van der Waals surface area contributed by atoms with Crippen molar-refractivity contribution in [1.29, 1.82) is 0 Å². The van der Waals surface area contributed by atoms with Gasteiger partial charge in [0.15, 0.2) is 0 Å².